The van der Waals surface area contributed by atoms with Crippen molar-refractivity contribution in [3.63, 3.8) is 0 Å². The van der Waals surface area contributed by atoms with Crippen molar-refractivity contribution in [1.29, 1.82) is 0 Å². The van der Waals surface area contributed by atoms with Gasteiger partial charge in [-0.15, -0.1) is 0 Å². The number of carbonyl (C=O) groups excluding carboxylic acids is 1. The van der Waals surface area contributed by atoms with Gasteiger partial charge in [-0.25, -0.2) is 0 Å². The summed E-state index contributed by atoms with van der Waals surface area (Å²) in [6.07, 6.45) is 5.11. The first-order chi connectivity index (χ1) is 9.74. The number of nitrogens with zero attached hydrogens (tertiary/aromatic N) is 1. The molecule has 1 heterocycles. The minimum atomic E-state index is -0.379. The number of amides is 1. The predicted octanol–water partition coefficient (Wildman–Crippen LogP) is 2.76. The van der Waals surface area contributed by atoms with Crippen molar-refractivity contribution in [2.75, 3.05) is 12.4 Å². The molecule has 1 fully saturated rings. The number of pyridine rings is 1. The summed E-state index contributed by atoms with van der Waals surface area (Å²) < 4.78 is 5.15. The summed E-state index contributed by atoms with van der Waals surface area (Å²) in [5.74, 6) is 0.855. The first-order valence-corrected chi connectivity index (χ1v) is 6.61. The minimum Gasteiger partial charge on any atom is -0.497 e. The van der Waals surface area contributed by atoms with Gasteiger partial charge in [0.2, 0.25) is 5.91 Å². The largest absolute Gasteiger partial charge is 0.497 e. The smallest absolute Gasteiger partial charge is 0.235 e. The maximum absolute atomic E-state index is 12.5. The van der Waals surface area contributed by atoms with Crippen LogP contribution in [-0.4, -0.2) is 18.0 Å². The van der Waals surface area contributed by atoms with E-state index in [1.54, 1.807) is 31.6 Å². The molecule has 1 aromatic carbocycles. The quantitative estimate of drug-likeness (QED) is 0.927. The molecule has 1 saturated carbocycles. The molecule has 20 heavy (non-hydrogen) atoms. The van der Waals surface area contributed by atoms with E-state index in [0.29, 0.717) is 0 Å². The molecule has 1 amide bonds. The fourth-order valence-corrected chi connectivity index (χ4v) is 2.37. The van der Waals surface area contributed by atoms with Crippen molar-refractivity contribution in [1.82, 2.24) is 4.98 Å². The van der Waals surface area contributed by atoms with Crippen molar-refractivity contribution in [2.24, 2.45) is 0 Å². The summed E-state index contributed by atoms with van der Waals surface area (Å²) in [6, 6.07) is 11.3. The highest BCUT2D eigenvalue weighted by Crippen LogP contribution is 2.49. The number of ether oxygens (including phenoxy) is 1. The molecule has 1 N–H and O–H groups in total. The molecule has 0 spiro atoms. The summed E-state index contributed by atoms with van der Waals surface area (Å²) in [7, 11) is 1.64. The second-order valence-corrected chi connectivity index (χ2v) is 5.00. The molecule has 0 bridgehead atoms. The lowest BCUT2D eigenvalue weighted by molar-refractivity contribution is -0.118. The summed E-state index contributed by atoms with van der Waals surface area (Å²) in [6.45, 7) is 0. The van der Waals surface area contributed by atoms with Gasteiger partial charge in [-0.2, -0.15) is 0 Å². The van der Waals surface area contributed by atoms with Gasteiger partial charge in [0.1, 0.15) is 5.75 Å². The predicted molar refractivity (Wildman–Crippen MR) is 76.8 cm³/mol. The minimum absolute atomic E-state index is 0.0499. The second kappa shape index (κ2) is 4.96. The third-order valence-electron chi connectivity index (χ3n) is 3.77. The number of benzene rings is 1. The van der Waals surface area contributed by atoms with Crippen LogP contribution in [0.5, 0.6) is 5.75 Å². The van der Waals surface area contributed by atoms with E-state index in [9.17, 15) is 4.79 Å². The van der Waals surface area contributed by atoms with Crippen LogP contribution in [0.2, 0.25) is 0 Å². The van der Waals surface area contributed by atoms with Gasteiger partial charge in [0, 0.05) is 18.1 Å². The van der Waals surface area contributed by atoms with Crippen LogP contribution in [0, 0.1) is 0 Å². The first kappa shape index (κ1) is 12.7. The van der Waals surface area contributed by atoms with Crippen molar-refractivity contribution in [2.45, 2.75) is 18.3 Å². The Labute approximate surface area is 117 Å². The number of anilines is 1. The number of hydrogen-bond donors (Lipinski definition) is 1. The Bertz CT molecular complexity index is 604. The second-order valence-electron chi connectivity index (χ2n) is 5.00. The molecule has 102 valence electrons. The van der Waals surface area contributed by atoms with Crippen LogP contribution in [0.15, 0.2) is 48.8 Å². The SMILES string of the molecule is COc1ccc(C2(C(=O)Nc3ccncc3)CC2)cc1. The van der Waals surface area contributed by atoms with Crippen molar-refractivity contribution >= 4 is 11.6 Å². The normalized spacial score (nSPS) is 15.4. The van der Waals surface area contributed by atoms with Gasteiger partial charge in [-0.05, 0) is 42.7 Å². The molecule has 0 saturated heterocycles. The monoisotopic (exact) mass is 268 g/mol. The van der Waals surface area contributed by atoms with Crippen molar-refractivity contribution in [3.05, 3.63) is 54.4 Å². The molecule has 1 aliphatic carbocycles. The van der Waals surface area contributed by atoms with Gasteiger partial charge in [-0.1, -0.05) is 12.1 Å². The first-order valence-electron chi connectivity index (χ1n) is 6.61. The van der Waals surface area contributed by atoms with Gasteiger partial charge in [0.05, 0.1) is 12.5 Å². The Balaban J connectivity index is 1.79. The molecule has 0 aliphatic heterocycles. The highest BCUT2D eigenvalue weighted by atomic mass is 16.5. The van der Waals surface area contributed by atoms with Crippen LogP contribution < -0.4 is 10.1 Å². The Kier molecular flexibility index (Phi) is 3.14. The van der Waals surface area contributed by atoms with Crippen LogP contribution in [0.4, 0.5) is 5.69 Å². The maximum Gasteiger partial charge on any atom is 0.235 e. The number of methoxy groups -OCH3 is 1. The number of carbonyl (C=O) groups is 1. The van der Waals surface area contributed by atoms with E-state index < -0.39 is 0 Å². The zero-order chi connectivity index (χ0) is 14.0. The maximum atomic E-state index is 12.5. The molecule has 0 unspecified atom stereocenters. The van der Waals surface area contributed by atoms with E-state index in [0.717, 1.165) is 29.8 Å². The van der Waals surface area contributed by atoms with E-state index in [1.807, 2.05) is 24.3 Å². The van der Waals surface area contributed by atoms with Crippen LogP contribution in [0.25, 0.3) is 0 Å². The standard InChI is InChI=1S/C16H16N2O2/c1-20-14-4-2-12(3-5-14)16(8-9-16)15(19)18-13-6-10-17-11-7-13/h2-7,10-11H,8-9H2,1H3,(H,17,18,19). The van der Waals surface area contributed by atoms with E-state index in [-0.39, 0.29) is 11.3 Å². The topological polar surface area (TPSA) is 51.2 Å². The van der Waals surface area contributed by atoms with Gasteiger partial charge in [0.25, 0.3) is 0 Å². The number of aromatic nitrogens is 1. The number of nitrogens with one attached hydrogen (secondary N) is 1. The van der Waals surface area contributed by atoms with Gasteiger partial charge >= 0.3 is 0 Å². The summed E-state index contributed by atoms with van der Waals surface area (Å²) in [5, 5.41) is 2.96. The van der Waals surface area contributed by atoms with Crippen LogP contribution >= 0.6 is 0 Å². The van der Waals surface area contributed by atoms with Gasteiger partial charge in [-0.3, -0.25) is 9.78 Å². The Morgan fingerprint density at radius 3 is 2.35 bits per heavy atom. The molecule has 0 atom stereocenters. The molecule has 4 nitrogen and oxygen atoms in total. The molecule has 1 aliphatic rings. The van der Waals surface area contributed by atoms with Crippen LogP contribution in [-0.2, 0) is 10.2 Å². The van der Waals surface area contributed by atoms with Crippen molar-refractivity contribution < 1.29 is 9.53 Å². The lowest BCUT2D eigenvalue weighted by Crippen LogP contribution is -2.27. The number of hydrogen-bond acceptors (Lipinski definition) is 3. The third-order valence-corrected chi connectivity index (χ3v) is 3.77. The Morgan fingerprint density at radius 2 is 1.80 bits per heavy atom. The molecule has 4 heteroatoms. The van der Waals surface area contributed by atoms with Crippen LogP contribution in [0.3, 0.4) is 0 Å². The number of rotatable bonds is 4. The van der Waals surface area contributed by atoms with Gasteiger partial charge in [0.15, 0.2) is 0 Å². The summed E-state index contributed by atoms with van der Waals surface area (Å²) >= 11 is 0. The fraction of sp³-hybridized carbons (Fsp3) is 0.250. The zero-order valence-corrected chi connectivity index (χ0v) is 11.3. The molecule has 0 radical (unpaired) electrons. The Morgan fingerprint density at radius 1 is 1.15 bits per heavy atom. The average Bonchev–Trinajstić information content (AvgIpc) is 3.30. The Hall–Kier alpha value is -2.36. The van der Waals surface area contributed by atoms with E-state index in [1.165, 1.54) is 0 Å². The zero-order valence-electron chi connectivity index (χ0n) is 11.3. The highest BCUT2D eigenvalue weighted by Gasteiger charge is 2.51. The summed E-state index contributed by atoms with van der Waals surface area (Å²) in [5.41, 5.74) is 1.45. The summed E-state index contributed by atoms with van der Waals surface area (Å²) in [4.78, 5) is 16.4. The highest BCUT2D eigenvalue weighted by molar-refractivity contribution is 6.01. The van der Waals surface area contributed by atoms with E-state index in [4.69, 9.17) is 4.74 Å². The lowest BCUT2D eigenvalue weighted by Gasteiger charge is -2.16. The van der Waals surface area contributed by atoms with Crippen molar-refractivity contribution in [3.8, 4) is 5.75 Å². The molecular formula is C16H16N2O2. The lowest BCUT2D eigenvalue weighted by atomic mass is 9.95. The molecular weight excluding hydrogens is 252 g/mol. The molecule has 3 rings (SSSR count). The van der Waals surface area contributed by atoms with E-state index in [2.05, 4.69) is 10.3 Å². The van der Waals surface area contributed by atoms with Crippen LogP contribution in [0.1, 0.15) is 18.4 Å². The van der Waals surface area contributed by atoms with Gasteiger partial charge < -0.3 is 10.1 Å². The molecule has 1 aromatic heterocycles. The average molecular weight is 268 g/mol. The molecule has 2 aromatic rings. The third kappa shape index (κ3) is 2.25. The van der Waals surface area contributed by atoms with E-state index >= 15 is 0 Å². The fourth-order valence-electron chi connectivity index (χ4n) is 2.37.